The van der Waals surface area contributed by atoms with Crippen LogP contribution in [0.15, 0.2) is 65.6 Å². The Balaban J connectivity index is 1.95. The number of carbonyl (C=O) groups is 1. The first-order valence-corrected chi connectivity index (χ1v) is 12.2. The van der Waals surface area contributed by atoms with Crippen molar-refractivity contribution in [2.24, 2.45) is 7.05 Å². The normalized spacial score (nSPS) is 11.8. The number of hydrogen-bond acceptors (Lipinski definition) is 4. The summed E-state index contributed by atoms with van der Waals surface area (Å²) in [4.78, 5) is 13.1. The van der Waals surface area contributed by atoms with E-state index in [2.05, 4.69) is 6.92 Å². The number of unbranched alkanes of at least 4 members (excludes halogenated alkanes) is 1. The first-order valence-electron chi connectivity index (χ1n) is 10.3. The number of carbonyl (C=O) groups excluding carboxylic acids is 1. The van der Waals surface area contributed by atoms with Gasteiger partial charge in [0.05, 0.1) is 22.6 Å². The molecule has 0 N–H and O–H groups in total. The fourth-order valence-corrected chi connectivity index (χ4v) is 4.61. The van der Waals surface area contributed by atoms with Gasteiger partial charge in [0.25, 0.3) is 0 Å². The van der Waals surface area contributed by atoms with Crippen LogP contribution < -0.4 is 0 Å². The van der Waals surface area contributed by atoms with E-state index in [9.17, 15) is 13.2 Å². The summed E-state index contributed by atoms with van der Waals surface area (Å²) in [5, 5.41) is 1.99. The molecule has 160 valence electrons. The lowest BCUT2D eigenvalue weighted by molar-refractivity contribution is 0.0501. The number of esters is 1. The molecular weight excluding hydrogens is 410 g/mol. The van der Waals surface area contributed by atoms with E-state index in [1.807, 2.05) is 54.1 Å². The molecule has 0 aliphatic carbocycles. The molecule has 6 heteroatoms. The molecule has 0 radical (unpaired) electrons. The highest BCUT2D eigenvalue weighted by atomic mass is 32.2. The summed E-state index contributed by atoms with van der Waals surface area (Å²) in [6.07, 6.45) is 2.98. The molecule has 0 bridgehead atoms. The van der Waals surface area contributed by atoms with Gasteiger partial charge in [0.15, 0.2) is 9.84 Å². The maximum absolute atomic E-state index is 12.9. The lowest BCUT2D eigenvalue weighted by Crippen LogP contribution is -2.08. The van der Waals surface area contributed by atoms with Gasteiger partial charge in [-0.05, 0) is 41.8 Å². The zero-order chi connectivity index (χ0) is 22.2. The molecule has 0 amide bonds. The summed E-state index contributed by atoms with van der Waals surface area (Å²) in [7, 11) is -1.32. The van der Waals surface area contributed by atoms with Crippen molar-refractivity contribution in [1.82, 2.24) is 4.57 Å². The Morgan fingerprint density at radius 1 is 1.00 bits per heavy atom. The summed E-state index contributed by atoms with van der Waals surface area (Å²) in [6, 6.07) is 18.6. The van der Waals surface area contributed by atoms with Crippen molar-refractivity contribution in [3.63, 3.8) is 0 Å². The Morgan fingerprint density at radius 3 is 2.39 bits per heavy atom. The molecule has 1 aromatic heterocycles. The van der Waals surface area contributed by atoms with E-state index >= 15 is 0 Å². The predicted molar refractivity (Wildman–Crippen MR) is 124 cm³/mol. The van der Waals surface area contributed by atoms with Crippen LogP contribution in [0.2, 0.25) is 0 Å². The summed E-state index contributed by atoms with van der Waals surface area (Å²) < 4.78 is 31.2. The molecule has 31 heavy (non-hydrogen) atoms. The first kappa shape index (κ1) is 21.1. The largest absolute Gasteiger partial charge is 0.462 e. The summed E-state index contributed by atoms with van der Waals surface area (Å²) in [5.74, 6) is -0.330. The van der Waals surface area contributed by atoms with E-state index in [1.54, 1.807) is 18.2 Å². The van der Waals surface area contributed by atoms with Gasteiger partial charge in [0.2, 0.25) is 0 Å². The van der Waals surface area contributed by atoms with E-state index in [-0.39, 0.29) is 10.9 Å². The number of rotatable bonds is 6. The maximum Gasteiger partial charge on any atom is 0.340 e. The van der Waals surface area contributed by atoms with Gasteiger partial charge in [-0.2, -0.15) is 0 Å². The van der Waals surface area contributed by atoms with E-state index in [4.69, 9.17) is 4.74 Å². The van der Waals surface area contributed by atoms with Crippen LogP contribution in [0.3, 0.4) is 0 Å². The second-order valence-electron chi connectivity index (χ2n) is 7.75. The van der Waals surface area contributed by atoms with Crippen molar-refractivity contribution in [2.45, 2.75) is 24.7 Å². The molecule has 1 heterocycles. The summed E-state index contributed by atoms with van der Waals surface area (Å²) >= 11 is 0. The van der Waals surface area contributed by atoms with Crippen LogP contribution in [0.5, 0.6) is 0 Å². The maximum atomic E-state index is 12.9. The number of sulfone groups is 1. The van der Waals surface area contributed by atoms with Gasteiger partial charge >= 0.3 is 5.97 Å². The second-order valence-corrected chi connectivity index (χ2v) is 9.76. The number of benzene rings is 3. The Morgan fingerprint density at radius 2 is 1.71 bits per heavy atom. The third kappa shape index (κ3) is 3.83. The van der Waals surface area contributed by atoms with Gasteiger partial charge in [-0.25, -0.2) is 13.2 Å². The minimum Gasteiger partial charge on any atom is -0.462 e. The minimum atomic E-state index is -3.27. The molecular formula is C25H25NO4S. The van der Waals surface area contributed by atoms with Crippen LogP contribution in [0, 0.1) is 0 Å². The lowest BCUT2D eigenvalue weighted by Gasteiger charge is -2.11. The van der Waals surface area contributed by atoms with Crippen LogP contribution in [-0.4, -0.2) is 31.8 Å². The van der Waals surface area contributed by atoms with Crippen LogP contribution >= 0.6 is 0 Å². The average molecular weight is 436 g/mol. The van der Waals surface area contributed by atoms with E-state index in [0.29, 0.717) is 12.2 Å². The molecule has 0 fully saturated rings. The number of aromatic nitrogens is 1. The van der Waals surface area contributed by atoms with Crippen LogP contribution in [0.1, 0.15) is 30.1 Å². The molecule has 4 rings (SSSR count). The smallest absolute Gasteiger partial charge is 0.340 e. The van der Waals surface area contributed by atoms with Crippen LogP contribution in [0.25, 0.3) is 32.9 Å². The van der Waals surface area contributed by atoms with Gasteiger partial charge in [0, 0.05) is 29.6 Å². The number of ether oxygens (including phenoxy) is 1. The SMILES string of the molecule is CCCCOC(=O)c1ccc(-c2ccc(S(C)(=O)=O)cc2)c2c3ccccc3n(C)c12. The van der Waals surface area contributed by atoms with Gasteiger partial charge < -0.3 is 9.30 Å². The average Bonchev–Trinajstić information content (AvgIpc) is 3.06. The molecule has 3 aromatic carbocycles. The van der Waals surface area contributed by atoms with Crippen LogP contribution in [-0.2, 0) is 21.6 Å². The summed E-state index contributed by atoms with van der Waals surface area (Å²) in [6.45, 7) is 2.45. The number of fused-ring (bicyclic) bond motifs is 3. The van der Waals surface area contributed by atoms with Crippen molar-refractivity contribution in [1.29, 1.82) is 0 Å². The number of hydrogen-bond donors (Lipinski definition) is 0. The zero-order valence-electron chi connectivity index (χ0n) is 17.9. The molecule has 0 atom stereocenters. The molecule has 0 aliphatic heterocycles. The van der Waals surface area contributed by atoms with Gasteiger partial charge in [-0.15, -0.1) is 0 Å². The molecule has 4 aromatic rings. The van der Waals surface area contributed by atoms with Crippen molar-refractivity contribution >= 4 is 37.6 Å². The molecule has 0 saturated carbocycles. The van der Waals surface area contributed by atoms with E-state index < -0.39 is 9.84 Å². The highest BCUT2D eigenvalue weighted by Gasteiger charge is 2.21. The monoisotopic (exact) mass is 435 g/mol. The van der Waals surface area contributed by atoms with Gasteiger partial charge in [0.1, 0.15) is 0 Å². The van der Waals surface area contributed by atoms with Crippen molar-refractivity contribution in [3.05, 3.63) is 66.2 Å². The van der Waals surface area contributed by atoms with Gasteiger partial charge in [-0.1, -0.05) is 49.7 Å². The number of nitrogens with zero attached hydrogens (tertiary/aromatic N) is 1. The van der Waals surface area contributed by atoms with Crippen LogP contribution in [0.4, 0.5) is 0 Å². The molecule has 0 spiro atoms. The summed E-state index contributed by atoms with van der Waals surface area (Å²) in [5.41, 5.74) is 4.19. The lowest BCUT2D eigenvalue weighted by atomic mass is 9.97. The molecule has 0 unspecified atom stereocenters. The highest BCUT2D eigenvalue weighted by Crippen LogP contribution is 2.38. The zero-order valence-corrected chi connectivity index (χ0v) is 18.7. The Bertz CT molecular complexity index is 1380. The fourth-order valence-electron chi connectivity index (χ4n) is 3.98. The fraction of sp³-hybridized carbons (Fsp3) is 0.240. The van der Waals surface area contributed by atoms with Crippen molar-refractivity contribution in [3.8, 4) is 11.1 Å². The Hall–Kier alpha value is -3.12. The standard InChI is InChI=1S/C25H25NO4S/c1-4-5-16-30-25(27)21-15-14-19(17-10-12-18(13-11-17)31(3,28)29)23-20-8-6-7-9-22(20)26(2)24(21)23/h6-15H,4-5,16H2,1-3H3. The van der Waals surface area contributed by atoms with E-state index in [1.165, 1.54) is 6.26 Å². The predicted octanol–water partition coefficient (Wildman–Crippen LogP) is 5.36. The first-order chi connectivity index (χ1) is 14.8. The highest BCUT2D eigenvalue weighted by molar-refractivity contribution is 7.90. The molecule has 0 aliphatic rings. The number of aryl methyl sites for hydroxylation is 1. The minimum absolute atomic E-state index is 0.279. The molecule has 0 saturated heterocycles. The van der Waals surface area contributed by atoms with Gasteiger partial charge in [-0.3, -0.25) is 0 Å². The Labute approximate surface area is 182 Å². The van der Waals surface area contributed by atoms with Crippen molar-refractivity contribution in [2.75, 3.05) is 12.9 Å². The topological polar surface area (TPSA) is 65.4 Å². The van der Waals surface area contributed by atoms with E-state index in [0.717, 1.165) is 45.8 Å². The van der Waals surface area contributed by atoms with Crippen molar-refractivity contribution < 1.29 is 17.9 Å². The Kier molecular flexibility index (Phi) is 5.58. The quantitative estimate of drug-likeness (QED) is 0.302. The second kappa shape index (κ2) is 8.19. The third-order valence-electron chi connectivity index (χ3n) is 5.59. The third-order valence-corrected chi connectivity index (χ3v) is 6.72. The number of para-hydroxylation sites is 1. The molecule has 5 nitrogen and oxygen atoms in total.